The van der Waals surface area contributed by atoms with Crippen LogP contribution in [-0.2, 0) is 6.18 Å². The quantitative estimate of drug-likeness (QED) is 0.639. The molecule has 94 valence electrons. The summed E-state index contributed by atoms with van der Waals surface area (Å²) >= 11 is 0. The van der Waals surface area contributed by atoms with E-state index < -0.39 is 23.2 Å². The number of aliphatic hydroxyl groups is 1. The molecule has 0 atom stereocenters. The monoisotopic (exact) mass is 249 g/mol. The lowest BCUT2D eigenvalue weighted by atomic mass is 10.0. The first-order valence-electron chi connectivity index (χ1n) is 4.80. The van der Waals surface area contributed by atoms with Crippen molar-refractivity contribution in [1.82, 2.24) is 0 Å². The van der Waals surface area contributed by atoms with Crippen molar-refractivity contribution in [2.24, 2.45) is 0 Å². The Morgan fingerprint density at radius 2 is 1.94 bits per heavy atom. The highest BCUT2D eigenvalue weighted by Crippen LogP contribution is 2.34. The fourth-order valence-corrected chi connectivity index (χ4v) is 1.27. The largest absolute Gasteiger partial charge is 0.417 e. The molecule has 1 aromatic carbocycles. The minimum absolute atomic E-state index is 0.185. The van der Waals surface area contributed by atoms with Crippen molar-refractivity contribution >= 4 is 11.8 Å². The van der Waals surface area contributed by atoms with Crippen LogP contribution in [-0.4, -0.2) is 11.7 Å². The van der Waals surface area contributed by atoms with Crippen molar-refractivity contribution in [3.05, 3.63) is 35.2 Å². The second kappa shape index (κ2) is 5.18. The molecule has 0 bridgehead atoms. The summed E-state index contributed by atoms with van der Waals surface area (Å²) in [6, 6.07) is 1.29. The van der Waals surface area contributed by atoms with Gasteiger partial charge in [0.1, 0.15) is 5.82 Å². The Morgan fingerprint density at radius 3 is 2.47 bits per heavy atom. The van der Waals surface area contributed by atoms with Crippen molar-refractivity contribution in [3.63, 3.8) is 0 Å². The van der Waals surface area contributed by atoms with E-state index in [-0.39, 0.29) is 18.6 Å². The molecule has 0 aromatic heterocycles. The van der Waals surface area contributed by atoms with E-state index >= 15 is 0 Å². The number of nitrogen functional groups attached to an aromatic ring is 1. The minimum Gasteiger partial charge on any atom is -0.396 e. The Hall–Kier alpha value is -1.56. The van der Waals surface area contributed by atoms with Gasteiger partial charge in [-0.3, -0.25) is 0 Å². The van der Waals surface area contributed by atoms with Gasteiger partial charge in [-0.1, -0.05) is 12.2 Å². The first-order chi connectivity index (χ1) is 7.86. The predicted octanol–water partition coefficient (Wildman–Crippen LogP) is 2.82. The number of nitrogens with two attached hydrogens (primary N) is 1. The van der Waals surface area contributed by atoms with Gasteiger partial charge in [0.2, 0.25) is 0 Å². The standard InChI is InChI=1S/C11H11F4NO/c12-9-5-7(3-1-2-4-17)8(6-10(9)16)11(13,14)15/h1,3,5-6,17H,2,4,16H2. The van der Waals surface area contributed by atoms with Gasteiger partial charge in [-0.15, -0.1) is 0 Å². The van der Waals surface area contributed by atoms with E-state index in [0.29, 0.717) is 6.07 Å². The summed E-state index contributed by atoms with van der Waals surface area (Å²) < 4.78 is 50.9. The second-order valence-electron chi connectivity index (χ2n) is 3.37. The Bertz CT molecular complexity index is 426. The molecule has 0 fully saturated rings. The van der Waals surface area contributed by atoms with Crippen LogP contribution in [0.25, 0.3) is 6.08 Å². The van der Waals surface area contributed by atoms with E-state index in [2.05, 4.69) is 0 Å². The molecule has 0 aliphatic heterocycles. The zero-order valence-corrected chi connectivity index (χ0v) is 8.76. The lowest BCUT2D eigenvalue weighted by Gasteiger charge is -2.11. The smallest absolute Gasteiger partial charge is 0.396 e. The number of hydrogen-bond donors (Lipinski definition) is 2. The van der Waals surface area contributed by atoms with Gasteiger partial charge in [-0.2, -0.15) is 13.2 Å². The van der Waals surface area contributed by atoms with Crippen molar-refractivity contribution in [2.75, 3.05) is 12.3 Å². The third-order valence-electron chi connectivity index (χ3n) is 2.07. The van der Waals surface area contributed by atoms with Gasteiger partial charge < -0.3 is 10.8 Å². The Labute approximate surface area is 95.4 Å². The fraction of sp³-hybridized carbons (Fsp3) is 0.273. The summed E-state index contributed by atoms with van der Waals surface area (Å²) in [4.78, 5) is 0. The van der Waals surface area contributed by atoms with Crippen molar-refractivity contribution in [3.8, 4) is 0 Å². The van der Waals surface area contributed by atoms with Crippen molar-refractivity contribution in [2.45, 2.75) is 12.6 Å². The van der Waals surface area contributed by atoms with Crippen LogP contribution in [0.4, 0.5) is 23.2 Å². The van der Waals surface area contributed by atoms with Crippen LogP contribution in [0.1, 0.15) is 17.5 Å². The maximum atomic E-state index is 13.1. The maximum absolute atomic E-state index is 13.1. The van der Waals surface area contributed by atoms with Crippen LogP contribution in [0.15, 0.2) is 18.2 Å². The molecule has 0 spiro atoms. The molecule has 0 amide bonds. The van der Waals surface area contributed by atoms with Gasteiger partial charge >= 0.3 is 6.18 Å². The molecule has 1 rings (SSSR count). The fourth-order valence-electron chi connectivity index (χ4n) is 1.27. The van der Waals surface area contributed by atoms with Crippen LogP contribution >= 0.6 is 0 Å². The summed E-state index contributed by atoms with van der Waals surface area (Å²) in [6.45, 7) is -0.185. The topological polar surface area (TPSA) is 46.2 Å². The highest BCUT2D eigenvalue weighted by molar-refractivity contribution is 5.60. The molecule has 3 N–H and O–H groups in total. The third-order valence-corrected chi connectivity index (χ3v) is 2.07. The summed E-state index contributed by atoms with van der Waals surface area (Å²) in [5, 5.41) is 8.50. The van der Waals surface area contributed by atoms with E-state index in [0.717, 1.165) is 12.1 Å². The Morgan fingerprint density at radius 1 is 1.29 bits per heavy atom. The highest BCUT2D eigenvalue weighted by Gasteiger charge is 2.33. The molecule has 0 aliphatic rings. The molecular formula is C11H11F4NO. The van der Waals surface area contributed by atoms with Gasteiger partial charge in [0, 0.05) is 6.61 Å². The van der Waals surface area contributed by atoms with Crippen LogP contribution < -0.4 is 5.73 Å². The number of aliphatic hydroxyl groups excluding tert-OH is 1. The predicted molar refractivity (Wildman–Crippen MR) is 56.6 cm³/mol. The molecule has 0 saturated carbocycles. The molecule has 0 heterocycles. The van der Waals surface area contributed by atoms with Gasteiger partial charge in [-0.05, 0) is 24.1 Å². The first-order valence-corrected chi connectivity index (χ1v) is 4.80. The SMILES string of the molecule is Nc1cc(C(F)(F)F)c(C=CCCO)cc1F. The molecule has 17 heavy (non-hydrogen) atoms. The van der Waals surface area contributed by atoms with Gasteiger partial charge in [0.05, 0.1) is 11.3 Å². The third kappa shape index (κ3) is 3.45. The molecule has 0 saturated heterocycles. The number of anilines is 1. The zero-order chi connectivity index (χ0) is 13.1. The number of halogens is 4. The van der Waals surface area contributed by atoms with Gasteiger partial charge in [0.25, 0.3) is 0 Å². The summed E-state index contributed by atoms with van der Waals surface area (Å²) in [7, 11) is 0. The molecule has 0 unspecified atom stereocenters. The number of hydrogen-bond acceptors (Lipinski definition) is 2. The highest BCUT2D eigenvalue weighted by atomic mass is 19.4. The molecule has 2 nitrogen and oxygen atoms in total. The molecule has 6 heteroatoms. The lowest BCUT2D eigenvalue weighted by molar-refractivity contribution is -0.137. The zero-order valence-electron chi connectivity index (χ0n) is 8.76. The van der Waals surface area contributed by atoms with Gasteiger partial charge in [0.15, 0.2) is 0 Å². The van der Waals surface area contributed by atoms with Crippen molar-refractivity contribution in [1.29, 1.82) is 0 Å². The molecule has 1 aromatic rings. The Kier molecular flexibility index (Phi) is 4.11. The summed E-state index contributed by atoms with van der Waals surface area (Å²) in [5.74, 6) is -0.901. The average molecular weight is 249 g/mol. The second-order valence-corrected chi connectivity index (χ2v) is 3.37. The molecular weight excluding hydrogens is 238 g/mol. The lowest BCUT2D eigenvalue weighted by Crippen LogP contribution is -2.09. The molecule has 0 aliphatic carbocycles. The summed E-state index contributed by atoms with van der Waals surface area (Å²) in [5.41, 5.74) is 3.25. The molecule has 0 radical (unpaired) electrons. The maximum Gasteiger partial charge on any atom is 0.417 e. The summed E-state index contributed by atoms with van der Waals surface area (Å²) in [6.07, 6.45) is -1.95. The number of alkyl halides is 3. The van der Waals surface area contributed by atoms with Crippen molar-refractivity contribution < 1.29 is 22.7 Å². The van der Waals surface area contributed by atoms with E-state index in [9.17, 15) is 17.6 Å². The van der Waals surface area contributed by atoms with Crippen LogP contribution in [0.3, 0.4) is 0 Å². The first kappa shape index (κ1) is 13.5. The van der Waals surface area contributed by atoms with Crippen LogP contribution in [0.2, 0.25) is 0 Å². The number of benzene rings is 1. The Balaban J connectivity index is 3.22. The normalized spacial score (nSPS) is 12.3. The van der Waals surface area contributed by atoms with Crippen LogP contribution in [0.5, 0.6) is 0 Å². The van der Waals surface area contributed by atoms with E-state index in [4.69, 9.17) is 10.8 Å². The van der Waals surface area contributed by atoms with E-state index in [1.807, 2.05) is 0 Å². The average Bonchev–Trinajstić information content (AvgIpc) is 2.21. The van der Waals surface area contributed by atoms with E-state index in [1.165, 1.54) is 6.08 Å². The van der Waals surface area contributed by atoms with E-state index in [1.54, 1.807) is 0 Å². The number of rotatable bonds is 3. The minimum atomic E-state index is -4.60. The van der Waals surface area contributed by atoms with Gasteiger partial charge in [-0.25, -0.2) is 4.39 Å². The van der Waals surface area contributed by atoms with Crippen LogP contribution in [0, 0.1) is 5.82 Å².